The molecular weight excluding hydrogens is 454 g/mol. The minimum atomic E-state index is -0.756. The number of amides is 1. The zero-order valence-corrected chi connectivity index (χ0v) is 18.6. The fraction of sp³-hybridized carbons (Fsp3) is 0.409. The molecule has 5 N–H and O–H groups in total. The minimum Gasteiger partial charge on any atom is -0.507 e. The molecule has 0 aliphatic carbocycles. The quantitative estimate of drug-likeness (QED) is 0.458. The number of piperazine rings is 1. The number of aromatic hydroxyl groups is 1. The van der Waals surface area contributed by atoms with Gasteiger partial charge in [0.05, 0.1) is 29.1 Å². The van der Waals surface area contributed by atoms with E-state index in [1.165, 1.54) is 12.1 Å². The Hall–Kier alpha value is -2.50. The topological polar surface area (TPSA) is 91.9 Å². The predicted octanol–water partition coefficient (Wildman–Crippen LogP) is 1.63. The molecule has 0 radical (unpaired) electrons. The van der Waals surface area contributed by atoms with Crippen LogP contribution in [0.3, 0.4) is 0 Å². The molecule has 0 saturated carbocycles. The molecule has 2 saturated heterocycles. The molecule has 3 heterocycles. The highest BCUT2D eigenvalue weighted by atomic mass is 35.5. The maximum absolute atomic E-state index is 15.6. The van der Waals surface area contributed by atoms with E-state index >= 15 is 4.39 Å². The fourth-order valence-corrected chi connectivity index (χ4v) is 5.07. The van der Waals surface area contributed by atoms with Gasteiger partial charge in [-0.2, -0.15) is 0 Å². The van der Waals surface area contributed by atoms with Crippen LogP contribution < -0.4 is 21.3 Å². The summed E-state index contributed by atoms with van der Waals surface area (Å²) in [6.07, 6.45) is -0.319. The van der Waals surface area contributed by atoms with Crippen molar-refractivity contribution >= 4 is 23.2 Å². The molecule has 0 spiro atoms. The highest BCUT2D eigenvalue weighted by Gasteiger charge is 2.35. The van der Waals surface area contributed by atoms with Crippen LogP contribution in [0.4, 0.5) is 14.5 Å². The first-order valence-electron chi connectivity index (χ1n) is 10.9. The Morgan fingerprint density at radius 2 is 1.88 bits per heavy atom. The SMILES string of the molecule is O=C(C1CNCN1)N1CCN(C2NCNc3c2cc(Cl)c(-c2c(O)cccc2F)c3F)CC1. The van der Waals surface area contributed by atoms with Crippen molar-refractivity contribution in [2.45, 2.75) is 12.2 Å². The lowest BCUT2D eigenvalue weighted by molar-refractivity contribution is -0.135. The molecule has 11 heteroatoms. The number of carbonyl (C=O) groups is 1. The second-order valence-corrected chi connectivity index (χ2v) is 8.76. The molecule has 0 aromatic heterocycles. The van der Waals surface area contributed by atoms with E-state index in [-0.39, 0.29) is 45.7 Å². The van der Waals surface area contributed by atoms with Crippen molar-refractivity contribution in [3.8, 4) is 16.9 Å². The van der Waals surface area contributed by atoms with Crippen LogP contribution in [0.2, 0.25) is 5.02 Å². The van der Waals surface area contributed by atoms with Crippen molar-refractivity contribution in [2.24, 2.45) is 0 Å². The molecule has 2 fully saturated rings. The van der Waals surface area contributed by atoms with Crippen LogP contribution in [0.1, 0.15) is 11.7 Å². The highest BCUT2D eigenvalue weighted by Crippen LogP contribution is 2.44. The van der Waals surface area contributed by atoms with Gasteiger partial charge in [-0.3, -0.25) is 20.3 Å². The Labute approximate surface area is 194 Å². The molecule has 2 atom stereocenters. The van der Waals surface area contributed by atoms with E-state index in [0.717, 1.165) is 6.07 Å². The molecule has 33 heavy (non-hydrogen) atoms. The molecule has 2 aromatic carbocycles. The Bertz CT molecular complexity index is 1050. The van der Waals surface area contributed by atoms with Crippen LogP contribution in [0.5, 0.6) is 5.75 Å². The van der Waals surface area contributed by atoms with Crippen LogP contribution >= 0.6 is 11.6 Å². The molecule has 2 unspecified atom stereocenters. The monoisotopic (exact) mass is 478 g/mol. The average Bonchev–Trinajstić information content (AvgIpc) is 3.35. The zero-order valence-electron chi connectivity index (χ0n) is 17.8. The number of fused-ring (bicyclic) bond motifs is 1. The second kappa shape index (κ2) is 9.03. The summed E-state index contributed by atoms with van der Waals surface area (Å²) in [6, 6.07) is 5.20. The molecule has 2 aromatic rings. The van der Waals surface area contributed by atoms with E-state index in [0.29, 0.717) is 51.6 Å². The summed E-state index contributed by atoms with van der Waals surface area (Å²) in [6.45, 7) is 3.90. The number of phenolic OH excluding ortho intramolecular Hbond substituents is 1. The molecule has 0 bridgehead atoms. The molecule has 3 aliphatic rings. The summed E-state index contributed by atoms with van der Waals surface area (Å²) in [5.41, 5.74) is 0.388. The number of nitrogens with one attached hydrogen (secondary N) is 4. The Morgan fingerprint density at radius 1 is 1.09 bits per heavy atom. The summed E-state index contributed by atoms with van der Waals surface area (Å²) in [5, 5.41) is 22.7. The van der Waals surface area contributed by atoms with Crippen molar-refractivity contribution < 1.29 is 18.7 Å². The summed E-state index contributed by atoms with van der Waals surface area (Å²) in [7, 11) is 0. The van der Waals surface area contributed by atoms with Crippen molar-refractivity contribution in [3.63, 3.8) is 0 Å². The van der Waals surface area contributed by atoms with Gasteiger partial charge in [-0.25, -0.2) is 8.78 Å². The highest BCUT2D eigenvalue weighted by molar-refractivity contribution is 6.33. The van der Waals surface area contributed by atoms with Crippen LogP contribution in [-0.4, -0.2) is 72.9 Å². The van der Waals surface area contributed by atoms with Crippen LogP contribution in [-0.2, 0) is 4.79 Å². The maximum Gasteiger partial charge on any atom is 0.241 e. The second-order valence-electron chi connectivity index (χ2n) is 8.35. The van der Waals surface area contributed by atoms with Crippen molar-refractivity contribution in [3.05, 3.63) is 46.5 Å². The molecule has 176 valence electrons. The molecule has 3 aliphatic heterocycles. The molecule has 1 amide bonds. The third kappa shape index (κ3) is 4.02. The van der Waals surface area contributed by atoms with Crippen molar-refractivity contribution in [1.82, 2.24) is 25.8 Å². The number of phenols is 1. The number of rotatable bonds is 3. The third-order valence-electron chi connectivity index (χ3n) is 6.46. The smallest absolute Gasteiger partial charge is 0.241 e. The van der Waals surface area contributed by atoms with Gasteiger partial charge >= 0.3 is 0 Å². The van der Waals surface area contributed by atoms with Gasteiger partial charge < -0.3 is 20.6 Å². The normalized spacial score (nSPS) is 23.3. The van der Waals surface area contributed by atoms with E-state index in [4.69, 9.17) is 11.6 Å². The predicted molar refractivity (Wildman–Crippen MR) is 121 cm³/mol. The molecular formula is C22H25ClF2N6O2. The van der Waals surface area contributed by atoms with Crippen LogP contribution in [0.15, 0.2) is 24.3 Å². The number of anilines is 1. The molecule has 8 nitrogen and oxygen atoms in total. The van der Waals surface area contributed by atoms with E-state index in [1.54, 1.807) is 6.07 Å². The van der Waals surface area contributed by atoms with Gasteiger partial charge in [0.25, 0.3) is 0 Å². The van der Waals surface area contributed by atoms with Gasteiger partial charge in [0.1, 0.15) is 17.6 Å². The van der Waals surface area contributed by atoms with Gasteiger partial charge in [-0.05, 0) is 18.2 Å². The number of hydrogen-bond donors (Lipinski definition) is 5. The Morgan fingerprint density at radius 3 is 2.58 bits per heavy atom. The largest absolute Gasteiger partial charge is 0.507 e. The number of halogens is 3. The number of nitrogens with zero attached hydrogens (tertiary/aromatic N) is 2. The summed E-state index contributed by atoms with van der Waals surface area (Å²) in [4.78, 5) is 16.6. The van der Waals surface area contributed by atoms with E-state index in [2.05, 4.69) is 26.2 Å². The first-order valence-corrected chi connectivity index (χ1v) is 11.3. The average molecular weight is 479 g/mol. The van der Waals surface area contributed by atoms with Gasteiger partial charge in [-0.15, -0.1) is 0 Å². The number of carbonyl (C=O) groups excluding carboxylic acids is 1. The summed E-state index contributed by atoms with van der Waals surface area (Å²) >= 11 is 6.43. The Balaban J connectivity index is 1.40. The standard InChI is InChI=1S/C22H25ClF2N6O2/c23-13-8-12-20(19(25)17(13)18-14(24)2-1-3-16(18)32)28-11-29-21(12)30-4-6-31(7-5-30)22(33)15-9-26-10-27-15/h1-3,8,15,21,26-29,32H,4-7,9-11H2. The lowest BCUT2D eigenvalue weighted by Gasteiger charge is -2.42. The van der Waals surface area contributed by atoms with E-state index in [9.17, 15) is 14.3 Å². The third-order valence-corrected chi connectivity index (χ3v) is 6.75. The van der Waals surface area contributed by atoms with Gasteiger partial charge in [0.15, 0.2) is 5.82 Å². The first kappa shape index (κ1) is 22.3. The van der Waals surface area contributed by atoms with E-state index < -0.39 is 11.6 Å². The van der Waals surface area contributed by atoms with Gasteiger partial charge in [0, 0.05) is 50.5 Å². The summed E-state index contributed by atoms with van der Waals surface area (Å²) in [5.74, 6) is -1.76. The van der Waals surface area contributed by atoms with Crippen molar-refractivity contribution in [1.29, 1.82) is 0 Å². The van der Waals surface area contributed by atoms with Crippen LogP contribution in [0.25, 0.3) is 11.1 Å². The lowest BCUT2D eigenvalue weighted by Crippen LogP contribution is -2.56. The minimum absolute atomic E-state index is 0.00997. The number of benzene rings is 2. The fourth-order valence-electron chi connectivity index (χ4n) is 4.77. The van der Waals surface area contributed by atoms with Crippen molar-refractivity contribution in [2.75, 3.05) is 51.4 Å². The van der Waals surface area contributed by atoms with Gasteiger partial charge in [0.2, 0.25) is 5.91 Å². The Kier molecular flexibility index (Phi) is 6.11. The zero-order chi connectivity index (χ0) is 23.1. The maximum atomic E-state index is 15.6. The summed E-state index contributed by atoms with van der Waals surface area (Å²) < 4.78 is 30.0. The lowest BCUT2D eigenvalue weighted by atomic mass is 9.97. The first-order chi connectivity index (χ1) is 16.0. The van der Waals surface area contributed by atoms with E-state index in [1.807, 2.05) is 4.90 Å². The molecule has 5 rings (SSSR count). The number of hydrogen-bond acceptors (Lipinski definition) is 7. The van der Waals surface area contributed by atoms with Crippen LogP contribution in [0, 0.1) is 11.6 Å². The van der Waals surface area contributed by atoms with Gasteiger partial charge in [-0.1, -0.05) is 17.7 Å².